The molecule has 1 aromatic carbocycles. The van der Waals surface area contributed by atoms with Gasteiger partial charge < -0.3 is 0 Å². The Labute approximate surface area is 96.1 Å². The molecule has 0 fully saturated rings. The Morgan fingerprint density at radius 1 is 1.00 bits per heavy atom. The summed E-state index contributed by atoms with van der Waals surface area (Å²) in [6.07, 6.45) is 2.39. The number of imide groups is 1. The van der Waals surface area contributed by atoms with Gasteiger partial charge in [0, 0.05) is 17.7 Å². The van der Waals surface area contributed by atoms with Crippen LogP contribution in [0.1, 0.15) is 10.4 Å². The summed E-state index contributed by atoms with van der Waals surface area (Å²) in [5.74, 6) is -0.787. The molecule has 2 rings (SSSR count). The van der Waals surface area contributed by atoms with Gasteiger partial charge in [-0.2, -0.15) is 0 Å². The van der Waals surface area contributed by atoms with Gasteiger partial charge >= 0.3 is 0 Å². The predicted octanol–water partition coefficient (Wildman–Crippen LogP) is 1.50. The maximum Gasteiger partial charge on any atom is 0.258 e. The molecule has 5 heteroatoms. The maximum absolute atomic E-state index is 11.3. The van der Waals surface area contributed by atoms with Crippen LogP contribution in [0.4, 0.5) is 5.69 Å². The molecular formula is C11H6ClNO3. The Balaban J connectivity index is 2.32. The van der Waals surface area contributed by atoms with Gasteiger partial charge in [-0.1, -0.05) is 0 Å². The van der Waals surface area contributed by atoms with Crippen LogP contribution in [0.25, 0.3) is 0 Å². The minimum Gasteiger partial charge on any atom is -0.276 e. The standard InChI is InChI=1S/C11H6ClNO3/c12-11(16)7-1-3-8(4-2-7)13-9(14)5-6-10(13)15/h1-6H. The van der Waals surface area contributed by atoms with Crippen molar-refractivity contribution < 1.29 is 14.4 Å². The van der Waals surface area contributed by atoms with E-state index in [1.165, 1.54) is 36.4 Å². The summed E-state index contributed by atoms with van der Waals surface area (Å²) in [5.41, 5.74) is 0.735. The summed E-state index contributed by atoms with van der Waals surface area (Å²) in [5, 5.41) is -0.580. The van der Waals surface area contributed by atoms with Gasteiger partial charge in [0.25, 0.3) is 17.1 Å². The number of anilines is 1. The molecule has 0 spiro atoms. The first-order valence-electron chi connectivity index (χ1n) is 4.45. The Hall–Kier alpha value is -1.94. The summed E-state index contributed by atoms with van der Waals surface area (Å²) < 4.78 is 0. The molecule has 0 saturated heterocycles. The van der Waals surface area contributed by atoms with Crippen molar-refractivity contribution >= 4 is 34.3 Å². The van der Waals surface area contributed by atoms with Crippen LogP contribution in [-0.4, -0.2) is 17.1 Å². The molecule has 2 amide bonds. The predicted molar refractivity (Wildman–Crippen MR) is 58.3 cm³/mol. The fourth-order valence-corrected chi connectivity index (χ4v) is 1.52. The SMILES string of the molecule is O=C(Cl)c1ccc(N2C(=O)C=CC2=O)cc1. The van der Waals surface area contributed by atoms with Gasteiger partial charge in [-0.15, -0.1) is 0 Å². The van der Waals surface area contributed by atoms with Crippen molar-refractivity contribution in [1.82, 2.24) is 0 Å². The lowest BCUT2D eigenvalue weighted by molar-refractivity contribution is -0.119. The number of benzene rings is 1. The molecule has 0 saturated carbocycles. The van der Waals surface area contributed by atoms with Crippen LogP contribution in [-0.2, 0) is 9.59 Å². The monoisotopic (exact) mass is 235 g/mol. The van der Waals surface area contributed by atoms with Crippen molar-refractivity contribution in [1.29, 1.82) is 0 Å². The van der Waals surface area contributed by atoms with Crippen LogP contribution in [0.15, 0.2) is 36.4 Å². The van der Waals surface area contributed by atoms with Gasteiger partial charge in [0.1, 0.15) is 0 Å². The minimum absolute atomic E-state index is 0.317. The van der Waals surface area contributed by atoms with E-state index in [1.54, 1.807) is 0 Å². The summed E-state index contributed by atoms with van der Waals surface area (Å²) in [6.45, 7) is 0. The minimum atomic E-state index is -0.580. The fourth-order valence-electron chi connectivity index (χ4n) is 1.40. The summed E-state index contributed by atoms with van der Waals surface area (Å²) in [6, 6.07) is 5.92. The quantitative estimate of drug-likeness (QED) is 0.577. The molecule has 0 radical (unpaired) electrons. The molecule has 0 bridgehead atoms. The van der Waals surface area contributed by atoms with Crippen molar-refractivity contribution in [2.24, 2.45) is 0 Å². The number of nitrogens with zero attached hydrogens (tertiary/aromatic N) is 1. The van der Waals surface area contributed by atoms with E-state index < -0.39 is 17.1 Å². The summed E-state index contributed by atoms with van der Waals surface area (Å²) >= 11 is 5.27. The first-order chi connectivity index (χ1) is 7.59. The Morgan fingerprint density at radius 3 is 1.94 bits per heavy atom. The number of rotatable bonds is 2. The number of hydrogen-bond donors (Lipinski definition) is 0. The number of carbonyl (C=O) groups is 3. The number of carbonyl (C=O) groups excluding carboxylic acids is 3. The number of amides is 2. The zero-order chi connectivity index (χ0) is 11.7. The Bertz CT molecular complexity index is 486. The third-order valence-electron chi connectivity index (χ3n) is 2.16. The average molecular weight is 236 g/mol. The second kappa shape index (κ2) is 3.90. The van der Waals surface area contributed by atoms with Crippen LogP contribution in [0.3, 0.4) is 0 Å². The molecule has 4 nitrogen and oxygen atoms in total. The zero-order valence-electron chi connectivity index (χ0n) is 8.01. The van der Waals surface area contributed by atoms with Gasteiger partial charge in [0.15, 0.2) is 0 Å². The smallest absolute Gasteiger partial charge is 0.258 e. The van der Waals surface area contributed by atoms with E-state index in [2.05, 4.69) is 0 Å². The van der Waals surface area contributed by atoms with Crippen LogP contribution in [0.5, 0.6) is 0 Å². The molecule has 1 aliphatic heterocycles. The van der Waals surface area contributed by atoms with E-state index in [4.69, 9.17) is 11.6 Å². The van der Waals surface area contributed by atoms with Crippen LogP contribution < -0.4 is 4.90 Å². The molecule has 16 heavy (non-hydrogen) atoms. The zero-order valence-corrected chi connectivity index (χ0v) is 8.77. The van der Waals surface area contributed by atoms with Crippen LogP contribution in [0, 0.1) is 0 Å². The lowest BCUT2D eigenvalue weighted by Gasteiger charge is -2.13. The molecule has 0 atom stereocenters. The lowest BCUT2D eigenvalue weighted by atomic mass is 10.2. The third kappa shape index (κ3) is 1.75. The number of hydrogen-bond acceptors (Lipinski definition) is 3. The van der Waals surface area contributed by atoms with Gasteiger partial charge in [-0.05, 0) is 35.9 Å². The van der Waals surface area contributed by atoms with E-state index in [0.29, 0.717) is 11.3 Å². The lowest BCUT2D eigenvalue weighted by Crippen LogP contribution is -2.29. The number of halogens is 1. The van der Waals surface area contributed by atoms with E-state index in [1.807, 2.05) is 0 Å². The van der Waals surface area contributed by atoms with Gasteiger partial charge in [-0.25, -0.2) is 4.90 Å². The molecule has 0 N–H and O–H groups in total. The van der Waals surface area contributed by atoms with Gasteiger partial charge in [0.05, 0.1) is 5.69 Å². The average Bonchev–Trinajstić information content (AvgIpc) is 2.59. The second-order valence-corrected chi connectivity index (χ2v) is 3.51. The maximum atomic E-state index is 11.3. The summed E-state index contributed by atoms with van der Waals surface area (Å²) in [4.78, 5) is 34.5. The van der Waals surface area contributed by atoms with E-state index in [-0.39, 0.29) is 0 Å². The van der Waals surface area contributed by atoms with Gasteiger partial charge in [0.2, 0.25) is 0 Å². The first-order valence-corrected chi connectivity index (χ1v) is 4.83. The Kier molecular flexibility index (Phi) is 2.58. The van der Waals surface area contributed by atoms with Crippen molar-refractivity contribution in [2.45, 2.75) is 0 Å². The molecule has 0 aliphatic carbocycles. The van der Waals surface area contributed by atoms with Crippen LogP contribution in [0.2, 0.25) is 0 Å². The topological polar surface area (TPSA) is 54.5 Å². The van der Waals surface area contributed by atoms with E-state index in [0.717, 1.165) is 4.90 Å². The second-order valence-electron chi connectivity index (χ2n) is 3.17. The largest absolute Gasteiger partial charge is 0.276 e. The van der Waals surface area contributed by atoms with Crippen molar-refractivity contribution in [3.8, 4) is 0 Å². The van der Waals surface area contributed by atoms with E-state index in [9.17, 15) is 14.4 Å². The molecule has 1 heterocycles. The Morgan fingerprint density at radius 2 is 1.50 bits per heavy atom. The first kappa shape index (κ1) is 10.6. The fraction of sp³-hybridized carbons (Fsp3) is 0. The highest BCUT2D eigenvalue weighted by atomic mass is 35.5. The third-order valence-corrected chi connectivity index (χ3v) is 2.38. The van der Waals surface area contributed by atoms with Crippen LogP contribution >= 0.6 is 11.6 Å². The molecule has 0 aromatic heterocycles. The highest BCUT2D eigenvalue weighted by Gasteiger charge is 2.24. The molecule has 1 aliphatic rings. The van der Waals surface area contributed by atoms with Crippen molar-refractivity contribution in [3.05, 3.63) is 42.0 Å². The molecule has 0 unspecified atom stereocenters. The van der Waals surface area contributed by atoms with Gasteiger partial charge in [-0.3, -0.25) is 14.4 Å². The molecular weight excluding hydrogens is 230 g/mol. The summed E-state index contributed by atoms with van der Waals surface area (Å²) in [7, 11) is 0. The van der Waals surface area contributed by atoms with E-state index >= 15 is 0 Å². The molecule has 80 valence electrons. The molecule has 1 aromatic rings. The normalized spacial score (nSPS) is 14.7. The van der Waals surface area contributed by atoms with Crippen molar-refractivity contribution in [2.75, 3.05) is 4.90 Å². The highest BCUT2D eigenvalue weighted by molar-refractivity contribution is 6.67. The highest BCUT2D eigenvalue weighted by Crippen LogP contribution is 2.19. The van der Waals surface area contributed by atoms with Crippen molar-refractivity contribution in [3.63, 3.8) is 0 Å².